The first kappa shape index (κ1) is 20.1. The molecule has 4 rings (SSSR count). The summed E-state index contributed by atoms with van der Waals surface area (Å²) in [6, 6.07) is 6.81. The Morgan fingerprint density at radius 3 is 2.41 bits per heavy atom. The molecule has 7 heteroatoms. The van der Waals surface area contributed by atoms with Crippen LogP contribution >= 0.6 is 0 Å². The molecule has 1 aromatic rings. The maximum absolute atomic E-state index is 13.5. The van der Waals surface area contributed by atoms with Gasteiger partial charge in [-0.25, -0.2) is 9.18 Å². The zero-order valence-corrected chi connectivity index (χ0v) is 17.4. The van der Waals surface area contributed by atoms with Gasteiger partial charge in [-0.1, -0.05) is 13.8 Å². The molecule has 1 aromatic carbocycles. The molecule has 3 fully saturated rings. The number of nitrogens with zero attached hydrogens (tertiary/aromatic N) is 2. The Labute approximate surface area is 170 Å². The topological polar surface area (TPSA) is 59.1 Å². The predicted molar refractivity (Wildman–Crippen MR) is 106 cm³/mol. The van der Waals surface area contributed by atoms with Crippen LogP contribution in [0.2, 0.25) is 0 Å². The van der Waals surface area contributed by atoms with Crippen molar-refractivity contribution < 1.29 is 23.5 Å². The van der Waals surface area contributed by atoms with Crippen molar-refractivity contribution in [2.75, 3.05) is 18.0 Å². The van der Waals surface area contributed by atoms with Crippen LogP contribution in [-0.4, -0.2) is 53.8 Å². The average molecular weight is 404 g/mol. The Hall–Kier alpha value is -2.15. The van der Waals surface area contributed by atoms with Crippen LogP contribution in [0.3, 0.4) is 0 Å². The van der Waals surface area contributed by atoms with E-state index < -0.39 is 23.8 Å². The van der Waals surface area contributed by atoms with E-state index in [2.05, 4.69) is 4.90 Å². The lowest BCUT2D eigenvalue weighted by molar-refractivity contribution is -0.163. The number of amides is 1. The number of esters is 1. The van der Waals surface area contributed by atoms with Crippen LogP contribution < -0.4 is 4.90 Å². The van der Waals surface area contributed by atoms with Gasteiger partial charge in [0.15, 0.2) is 6.10 Å². The zero-order valence-electron chi connectivity index (χ0n) is 17.4. The number of ether oxygens (including phenoxy) is 2. The first-order valence-electron chi connectivity index (χ1n) is 10.4. The third kappa shape index (κ3) is 3.84. The molecule has 0 spiro atoms. The summed E-state index contributed by atoms with van der Waals surface area (Å²) in [7, 11) is 0. The van der Waals surface area contributed by atoms with Gasteiger partial charge in [0, 0.05) is 38.7 Å². The van der Waals surface area contributed by atoms with Gasteiger partial charge < -0.3 is 19.3 Å². The number of carbonyl (C=O) groups is 2. The normalized spacial score (nSPS) is 28.9. The number of hydrogen-bond acceptors (Lipinski definition) is 5. The van der Waals surface area contributed by atoms with Gasteiger partial charge in [0.2, 0.25) is 11.7 Å². The summed E-state index contributed by atoms with van der Waals surface area (Å²) in [6.07, 6.45) is 0.607. The number of hydrogen-bond donors (Lipinski definition) is 0. The summed E-state index contributed by atoms with van der Waals surface area (Å²) in [6.45, 7) is 8.80. The number of piperazine rings is 1. The monoisotopic (exact) mass is 404 g/mol. The second-order valence-corrected chi connectivity index (χ2v) is 9.26. The van der Waals surface area contributed by atoms with Crippen molar-refractivity contribution in [3.05, 3.63) is 30.1 Å². The van der Waals surface area contributed by atoms with Crippen LogP contribution in [0.25, 0.3) is 0 Å². The van der Waals surface area contributed by atoms with Crippen molar-refractivity contribution in [2.24, 2.45) is 11.8 Å². The summed E-state index contributed by atoms with van der Waals surface area (Å²) in [5.74, 6) is -2.02. The van der Waals surface area contributed by atoms with E-state index in [4.69, 9.17) is 9.47 Å². The molecule has 158 valence electrons. The molecular formula is C22H29FN2O4. The molecule has 1 amide bonds. The molecule has 3 aliphatic rings. The highest BCUT2D eigenvalue weighted by Crippen LogP contribution is 2.38. The number of rotatable bonds is 5. The molecule has 0 unspecified atom stereocenters. The van der Waals surface area contributed by atoms with E-state index in [1.807, 2.05) is 18.7 Å². The van der Waals surface area contributed by atoms with Gasteiger partial charge in [-0.05, 0) is 43.0 Å². The average Bonchev–Trinajstić information content (AvgIpc) is 3.31. The Kier molecular flexibility index (Phi) is 5.05. The summed E-state index contributed by atoms with van der Waals surface area (Å²) < 4.78 is 24.4. The third-order valence-corrected chi connectivity index (χ3v) is 6.08. The first-order chi connectivity index (χ1) is 13.6. The molecule has 0 N–H and O–H groups in total. The number of halogens is 1. The number of benzene rings is 1. The SMILES string of the molecule is CC(C)C[C@H](C(=O)N1C[C@@H]2C[C@H]1CN2c1ccc(F)cc1)[C@H]1OC(C)(C)OC1=O. The van der Waals surface area contributed by atoms with Gasteiger partial charge in [0.1, 0.15) is 5.82 Å². The lowest BCUT2D eigenvalue weighted by Crippen LogP contribution is -2.52. The minimum Gasteiger partial charge on any atom is -0.432 e. The molecule has 3 aliphatic heterocycles. The van der Waals surface area contributed by atoms with Gasteiger partial charge in [0.05, 0.1) is 12.0 Å². The van der Waals surface area contributed by atoms with Crippen molar-refractivity contribution in [3.63, 3.8) is 0 Å². The first-order valence-corrected chi connectivity index (χ1v) is 10.4. The third-order valence-electron chi connectivity index (χ3n) is 6.08. The second kappa shape index (κ2) is 7.27. The Bertz CT molecular complexity index is 795. The summed E-state index contributed by atoms with van der Waals surface area (Å²) in [5.41, 5.74) is 0.981. The molecule has 3 heterocycles. The number of likely N-dealkylation sites (tertiary alicyclic amines) is 1. The molecule has 3 saturated heterocycles. The van der Waals surface area contributed by atoms with Gasteiger partial charge >= 0.3 is 5.97 Å². The Morgan fingerprint density at radius 1 is 1.21 bits per heavy atom. The van der Waals surface area contributed by atoms with Crippen LogP contribution in [0.4, 0.5) is 10.1 Å². The zero-order chi connectivity index (χ0) is 20.9. The van der Waals surface area contributed by atoms with Crippen LogP contribution in [0.5, 0.6) is 0 Å². The van der Waals surface area contributed by atoms with Crippen molar-refractivity contribution >= 4 is 17.6 Å². The molecular weight excluding hydrogens is 375 g/mol. The lowest BCUT2D eigenvalue weighted by Gasteiger charge is -2.38. The van der Waals surface area contributed by atoms with Gasteiger partial charge in [-0.3, -0.25) is 4.79 Å². The summed E-state index contributed by atoms with van der Waals surface area (Å²) >= 11 is 0. The van der Waals surface area contributed by atoms with E-state index in [-0.39, 0.29) is 29.7 Å². The van der Waals surface area contributed by atoms with E-state index in [1.165, 1.54) is 12.1 Å². The van der Waals surface area contributed by atoms with Crippen molar-refractivity contribution in [1.82, 2.24) is 4.90 Å². The van der Waals surface area contributed by atoms with Gasteiger partial charge in [-0.2, -0.15) is 0 Å². The molecule has 0 aromatic heterocycles. The van der Waals surface area contributed by atoms with E-state index in [0.29, 0.717) is 13.0 Å². The summed E-state index contributed by atoms with van der Waals surface area (Å²) in [5, 5.41) is 0. The molecule has 0 aliphatic carbocycles. The number of fused-ring (bicyclic) bond motifs is 2. The van der Waals surface area contributed by atoms with E-state index in [0.717, 1.165) is 18.7 Å². The van der Waals surface area contributed by atoms with Gasteiger partial charge in [0.25, 0.3) is 0 Å². The fourth-order valence-electron chi connectivity index (χ4n) is 4.89. The molecule has 0 radical (unpaired) electrons. The smallest absolute Gasteiger partial charge is 0.338 e. The Morgan fingerprint density at radius 2 is 1.90 bits per heavy atom. The summed E-state index contributed by atoms with van der Waals surface area (Å²) in [4.78, 5) is 30.0. The maximum Gasteiger partial charge on any atom is 0.338 e. The van der Waals surface area contributed by atoms with Crippen LogP contribution in [0.15, 0.2) is 24.3 Å². The number of carbonyl (C=O) groups excluding carboxylic acids is 2. The van der Waals surface area contributed by atoms with E-state index >= 15 is 0 Å². The fourth-order valence-corrected chi connectivity index (χ4v) is 4.89. The molecule has 4 atom stereocenters. The van der Waals surface area contributed by atoms with E-state index in [9.17, 15) is 14.0 Å². The number of cyclic esters (lactones) is 1. The number of anilines is 1. The molecule has 29 heavy (non-hydrogen) atoms. The molecule has 2 bridgehead atoms. The maximum atomic E-state index is 13.5. The fraction of sp³-hybridized carbons (Fsp3) is 0.636. The van der Waals surface area contributed by atoms with Crippen molar-refractivity contribution in [2.45, 2.75) is 64.5 Å². The largest absolute Gasteiger partial charge is 0.432 e. The van der Waals surface area contributed by atoms with Crippen LogP contribution in [0.1, 0.15) is 40.5 Å². The molecule has 6 nitrogen and oxygen atoms in total. The van der Waals surface area contributed by atoms with Crippen LogP contribution in [0, 0.1) is 17.7 Å². The van der Waals surface area contributed by atoms with Crippen molar-refractivity contribution in [1.29, 1.82) is 0 Å². The van der Waals surface area contributed by atoms with Crippen LogP contribution in [-0.2, 0) is 19.1 Å². The highest BCUT2D eigenvalue weighted by atomic mass is 19.1. The quantitative estimate of drug-likeness (QED) is 0.707. The second-order valence-electron chi connectivity index (χ2n) is 9.26. The molecule has 0 saturated carbocycles. The predicted octanol–water partition coefficient (Wildman–Crippen LogP) is 2.96. The van der Waals surface area contributed by atoms with Gasteiger partial charge in [-0.15, -0.1) is 0 Å². The highest BCUT2D eigenvalue weighted by Gasteiger charge is 2.52. The minimum absolute atomic E-state index is 0.0235. The minimum atomic E-state index is -0.999. The standard InChI is InChI=1S/C22H29FN2O4/c1-13(2)9-18(19-21(27)29-22(3,4)28-19)20(26)25-12-16-10-17(25)11-24(16)15-7-5-14(23)6-8-15/h5-8,13,16-19H,9-12H2,1-4H3/t16-,17-,18-,19+/m0/s1. The van der Waals surface area contributed by atoms with E-state index in [1.54, 1.807) is 26.0 Å². The highest BCUT2D eigenvalue weighted by molar-refractivity contribution is 5.88. The Balaban J connectivity index is 1.49. The lowest BCUT2D eigenvalue weighted by atomic mass is 9.90. The van der Waals surface area contributed by atoms with Crippen molar-refractivity contribution in [3.8, 4) is 0 Å².